The number of anilines is 2. The summed E-state index contributed by atoms with van der Waals surface area (Å²) >= 11 is 0.721. The van der Waals surface area contributed by atoms with Crippen LogP contribution in [0.5, 0.6) is 0 Å². The third-order valence-electron chi connectivity index (χ3n) is 2.36. The molecule has 0 saturated carbocycles. The number of carbonyl (C=O) groups is 1. The molecule has 2 rings (SSSR count). The highest BCUT2D eigenvalue weighted by Crippen LogP contribution is 2.36. The number of aromatic carboxylic acids is 1. The number of hydrogen-bond acceptors (Lipinski definition) is 8. The van der Waals surface area contributed by atoms with Gasteiger partial charge in [0.2, 0.25) is 0 Å². The number of aromatic nitrogens is 2. The molecule has 0 aliphatic heterocycles. The second kappa shape index (κ2) is 5.63. The second-order valence-corrected chi connectivity index (χ2v) is 4.80. The van der Waals surface area contributed by atoms with Crippen molar-refractivity contribution in [3.63, 3.8) is 0 Å². The number of nitrogens with zero attached hydrogens (tertiary/aromatic N) is 3. The molecule has 0 spiro atoms. The fourth-order valence-corrected chi connectivity index (χ4v) is 2.54. The zero-order valence-electron chi connectivity index (χ0n) is 10.4. The first-order chi connectivity index (χ1) is 9.88. The molecule has 0 aliphatic rings. The van der Waals surface area contributed by atoms with Crippen molar-refractivity contribution in [3.05, 3.63) is 39.9 Å². The van der Waals surface area contributed by atoms with Crippen LogP contribution in [0.2, 0.25) is 0 Å². The van der Waals surface area contributed by atoms with Crippen LogP contribution in [0.15, 0.2) is 34.3 Å². The number of rotatable bonds is 4. The average molecular weight is 307 g/mol. The van der Waals surface area contributed by atoms with Crippen LogP contribution in [0.1, 0.15) is 10.4 Å². The van der Waals surface area contributed by atoms with Crippen LogP contribution in [0.25, 0.3) is 0 Å². The molecule has 108 valence electrons. The molecule has 9 nitrogen and oxygen atoms in total. The smallest absolute Gasteiger partial charge is 0.337 e. The molecule has 0 saturated heterocycles. The van der Waals surface area contributed by atoms with E-state index in [0.717, 1.165) is 11.8 Å². The van der Waals surface area contributed by atoms with Crippen LogP contribution in [-0.4, -0.2) is 26.0 Å². The summed E-state index contributed by atoms with van der Waals surface area (Å²) in [5.41, 5.74) is 10.4. The van der Waals surface area contributed by atoms with Crippen molar-refractivity contribution in [3.8, 4) is 0 Å². The van der Waals surface area contributed by atoms with Gasteiger partial charge in [0.15, 0.2) is 5.16 Å². The minimum Gasteiger partial charge on any atom is -0.478 e. The van der Waals surface area contributed by atoms with Gasteiger partial charge in [0.1, 0.15) is 16.5 Å². The molecule has 21 heavy (non-hydrogen) atoms. The zero-order chi connectivity index (χ0) is 15.6. The van der Waals surface area contributed by atoms with Gasteiger partial charge in [-0.05, 0) is 17.8 Å². The first-order valence-corrected chi connectivity index (χ1v) is 6.28. The SMILES string of the molecule is Nc1cc(N)nc(Sc2c(C(=O)O)cccc2[N+](=O)[O-])n1. The van der Waals surface area contributed by atoms with E-state index in [0.29, 0.717) is 0 Å². The Hall–Kier alpha value is -2.88. The van der Waals surface area contributed by atoms with E-state index < -0.39 is 10.9 Å². The molecular formula is C11H9N5O4S. The van der Waals surface area contributed by atoms with Gasteiger partial charge in [-0.2, -0.15) is 0 Å². The summed E-state index contributed by atoms with van der Waals surface area (Å²) in [7, 11) is 0. The Morgan fingerprint density at radius 2 is 1.90 bits per heavy atom. The molecule has 1 aromatic carbocycles. The number of carboxylic acids is 1. The fraction of sp³-hybridized carbons (Fsp3) is 0. The van der Waals surface area contributed by atoms with Gasteiger partial charge in [-0.25, -0.2) is 14.8 Å². The lowest BCUT2D eigenvalue weighted by Gasteiger charge is -2.06. The monoisotopic (exact) mass is 307 g/mol. The standard InChI is InChI=1S/C11H9N5O4S/c12-7-4-8(13)15-11(14-7)21-9-5(10(17)18)2-1-3-6(9)16(19)20/h1-4H,(H,17,18)(H4,12,13,14,15). The zero-order valence-corrected chi connectivity index (χ0v) is 11.2. The molecule has 0 bridgehead atoms. The van der Waals surface area contributed by atoms with Crippen molar-refractivity contribution < 1.29 is 14.8 Å². The predicted octanol–water partition coefficient (Wildman–Crippen LogP) is 1.40. The van der Waals surface area contributed by atoms with Crippen molar-refractivity contribution in [2.24, 2.45) is 0 Å². The Kier molecular flexibility index (Phi) is 3.89. The normalized spacial score (nSPS) is 10.3. The molecule has 0 fully saturated rings. The Morgan fingerprint density at radius 3 is 2.43 bits per heavy atom. The quantitative estimate of drug-likeness (QED) is 0.431. The number of nitro benzene ring substituents is 1. The Labute approximate surface area is 122 Å². The fourth-order valence-electron chi connectivity index (χ4n) is 1.54. The van der Waals surface area contributed by atoms with E-state index in [1.807, 2.05) is 0 Å². The summed E-state index contributed by atoms with van der Waals surface area (Å²) in [6.07, 6.45) is 0. The summed E-state index contributed by atoms with van der Waals surface area (Å²) in [6, 6.07) is 5.07. The van der Waals surface area contributed by atoms with Crippen LogP contribution in [-0.2, 0) is 0 Å². The molecule has 0 amide bonds. The van der Waals surface area contributed by atoms with Gasteiger partial charge in [-0.1, -0.05) is 6.07 Å². The van der Waals surface area contributed by atoms with E-state index in [-0.39, 0.29) is 32.9 Å². The molecule has 0 radical (unpaired) electrons. The molecule has 0 aliphatic carbocycles. The van der Waals surface area contributed by atoms with Crippen molar-refractivity contribution in [1.82, 2.24) is 9.97 Å². The number of hydrogen-bond donors (Lipinski definition) is 3. The van der Waals surface area contributed by atoms with Crippen LogP contribution in [0.3, 0.4) is 0 Å². The maximum atomic E-state index is 11.2. The summed E-state index contributed by atoms with van der Waals surface area (Å²) in [5.74, 6) is -1.13. The highest BCUT2D eigenvalue weighted by molar-refractivity contribution is 7.99. The number of benzene rings is 1. The third kappa shape index (κ3) is 3.17. The summed E-state index contributed by atoms with van der Waals surface area (Å²) < 4.78 is 0. The lowest BCUT2D eigenvalue weighted by Crippen LogP contribution is -2.04. The van der Waals surface area contributed by atoms with Gasteiger partial charge >= 0.3 is 5.97 Å². The summed E-state index contributed by atoms with van der Waals surface area (Å²) in [4.78, 5) is 29.2. The Bertz CT molecular complexity index is 684. The molecule has 1 aromatic heterocycles. The number of nitrogen functional groups attached to an aromatic ring is 2. The molecular weight excluding hydrogens is 298 g/mol. The van der Waals surface area contributed by atoms with Gasteiger partial charge in [0, 0.05) is 12.1 Å². The predicted molar refractivity (Wildman–Crippen MR) is 75.0 cm³/mol. The molecule has 1 heterocycles. The number of nitrogens with two attached hydrogens (primary N) is 2. The first-order valence-electron chi connectivity index (χ1n) is 5.47. The molecule has 0 unspecified atom stereocenters. The minimum absolute atomic E-state index is 0.0318. The van der Waals surface area contributed by atoms with E-state index in [9.17, 15) is 14.9 Å². The van der Waals surface area contributed by atoms with E-state index in [1.165, 1.54) is 24.3 Å². The van der Waals surface area contributed by atoms with E-state index in [4.69, 9.17) is 16.6 Å². The molecule has 10 heteroatoms. The lowest BCUT2D eigenvalue weighted by molar-refractivity contribution is -0.387. The minimum atomic E-state index is -1.29. The van der Waals surface area contributed by atoms with Gasteiger partial charge in [0.25, 0.3) is 5.69 Å². The van der Waals surface area contributed by atoms with Crippen LogP contribution < -0.4 is 11.5 Å². The Balaban J connectivity index is 2.56. The number of carboxylic acid groups (broad SMARTS) is 1. The lowest BCUT2D eigenvalue weighted by atomic mass is 10.2. The van der Waals surface area contributed by atoms with Crippen LogP contribution in [0, 0.1) is 10.1 Å². The highest BCUT2D eigenvalue weighted by atomic mass is 32.2. The maximum absolute atomic E-state index is 11.2. The van der Waals surface area contributed by atoms with Crippen molar-refractivity contribution in [2.75, 3.05) is 11.5 Å². The van der Waals surface area contributed by atoms with Crippen LogP contribution >= 0.6 is 11.8 Å². The van der Waals surface area contributed by atoms with E-state index in [2.05, 4.69) is 9.97 Å². The molecule has 5 N–H and O–H groups in total. The van der Waals surface area contributed by atoms with E-state index in [1.54, 1.807) is 0 Å². The Morgan fingerprint density at radius 1 is 1.29 bits per heavy atom. The largest absolute Gasteiger partial charge is 0.478 e. The second-order valence-electron chi connectivity index (χ2n) is 3.82. The van der Waals surface area contributed by atoms with Gasteiger partial charge < -0.3 is 16.6 Å². The number of nitro groups is 1. The van der Waals surface area contributed by atoms with Gasteiger partial charge in [-0.15, -0.1) is 0 Å². The van der Waals surface area contributed by atoms with E-state index >= 15 is 0 Å². The molecule has 2 aromatic rings. The average Bonchev–Trinajstić information content (AvgIpc) is 2.37. The van der Waals surface area contributed by atoms with Crippen LogP contribution in [0.4, 0.5) is 17.3 Å². The third-order valence-corrected chi connectivity index (χ3v) is 3.36. The van der Waals surface area contributed by atoms with Crippen molar-refractivity contribution in [2.45, 2.75) is 10.1 Å². The van der Waals surface area contributed by atoms with Gasteiger partial charge in [-0.3, -0.25) is 10.1 Å². The topological polar surface area (TPSA) is 158 Å². The van der Waals surface area contributed by atoms with Crippen molar-refractivity contribution >= 4 is 35.1 Å². The summed E-state index contributed by atoms with van der Waals surface area (Å²) in [5, 5.41) is 20.2. The summed E-state index contributed by atoms with van der Waals surface area (Å²) in [6.45, 7) is 0. The molecule has 0 atom stereocenters. The first kappa shape index (κ1) is 14.5. The van der Waals surface area contributed by atoms with Crippen molar-refractivity contribution in [1.29, 1.82) is 0 Å². The maximum Gasteiger partial charge on any atom is 0.337 e. The highest BCUT2D eigenvalue weighted by Gasteiger charge is 2.23. The van der Waals surface area contributed by atoms with Gasteiger partial charge in [0.05, 0.1) is 10.5 Å².